The first-order chi connectivity index (χ1) is 9.67. The van der Waals surface area contributed by atoms with Crippen LogP contribution in [0.5, 0.6) is 0 Å². The highest BCUT2D eigenvalue weighted by Crippen LogP contribution is 2.01. The Hall–Kier alpha value is -2.47. The predicted molar refractivity (Wildman–Crippen MR) is 75.1 cm³/mol. The monoisotopic (exact) mass is 275 g/mol. The van der Waals surface area contributed by atoms with E-state index < -0.39 is 11.8 Å². The lowest BCUT2D eigenvalue weighted by Crippen LogP contribution is -2.46. The zero-order valence-corrected chi connectivity index (χ0v) is 11.0. The van der Waals surface area contributed by atoms with E-state index in [0.717, 1.165) is 10.6 Å². The fraction of sp³-hybridized carbons (Fsp3) is 0.214. The Morgan fingerprint density at radius 3 is 2.55 bits per heavy atom. The van der Waals surface area contributed by atoms with Crippen molar-refractivity contribution < 1.29 is 14.4 Å². The zero-order chi connectivity index (χ0) is 14.8. The topological polar surface area (TPSA) is 92.5 Å². The van der Waals surface area contributed by atoms with E-state index in [1.165, 1.54) is 6.08 Å². The molecule has 0 aliphatic heterocycles. The molecule has 3 N–H and O–H groups in total. The van der Waals surface area contributed by atoms with E-state index in [2.05, 4.69) is 5.43 Å². The van der Waals surface area contributed by atoms with Gasteiger partial charge in [0.05, 0.1) is 6.54 Å². The number of hydrogen-bond acceptors (Lipinski definition) is 4. The average Bonchev–Trinajstić information content (AvgIpc) is 2.45. The van der Waals surface area contributed by atoms with Crippen LogP contribution in [0.25, 0.3) is 6.08 Å². The van der Waals surface area contributed by atoms with Gasteiger partial charge in [-0.25, -0.2) is 5.01 Å². The molecule has 1 aromatic rings. The first-order valence-corrected chi connectivity index (χ1v) is 6.15. The van der Waals surface area contributed by atoms with Crippen molar-refractivity contribution in [3.05, 3.63) is 42.0 Å². The lowest BCUT2D eigenvalue weighted by Gasteiger charge is -2.19. The lowest BCUT2D eigenvalue weighted by molar-refractivity contribution is -0.139. The second kappa shape index (κ2) is 8.60. The highest BCUT2D eigenvalue weighted by molar-refractivity contribution is 5.94. The van der Waals surface area contributed by atoms with Crippen molar-refractivity contribution in [2.45, 2.75) is 6.42 Å². The minimum atomic E-state index is -0.480. The Morgan fingerprint density at radius 2 is 1.95 bits per heavy atom. The van der Waals surface area contributed by atoms with Crippen LogP contribution in [0.3, 0.4) is 0 Å². The highest BCUT2D eigenvalue weighted by atomic mass is 16.2. The van der Waals surface area contributed by atoms with Crippen LogP contribution in [0.15, 0.2) is 36.4 Å². The molecule has 1 rings (SSSR count). The molecule has 0 spiro atoms. The molecular weight excluding hydrogens is 258 g/mol. The Kier molecular flexibility index (Phi) is 6.70. The number of carbonyl (C=O) groups excluding carboxylic acids is 3. The summed E-state index contributed by atoms with van der Waals surface area (Å²) in [4.78, 5) is 33.8. The van der Waals surface area contributed by atoms with E-state index in [0.29, 0.717) is 6.29 Å². The summed E-state index contributed by atoms with van der Waals surface area (Å²) in [5.74, 6) is -0.887. The number of benzene rings is 1. The minimum absolute atomic E-state index is 0.0883. The Balaban J connectivity index is 2.66. The molecule has 0 saturated carbocycles. The third-order valence-electron chi connectivity index (χ3n) is 2.37. The average molecular weight is 275 g/mol. The third kappa shape index (κ3) is 5.45. The predicted octanol–water partition coefficient (Wildman–Crippen LogP) is 0.107. The van der Waals surface area contributed by atoms with Gasteiger partial charge in [0, 0.05) is 19.0 Å². The maximum absolute atomic E-state index is 11.9. The van der Waals surface area contributed by atoms with E-state index in [1.54, 1.807) is 6.08 Å². The summed E-state index contributed by atoms with van der Waals surface area (Å²) in [5, 5.41) is 0.949. The molecule has 0 saturated heterocycles. The van der Waals surface area contributed by atoms with Crippen molar-refractivity contribution in [3.8, 4) is 0 Å². The number of rotatable bonds is 6. The number of amides is 2. The van der Waals surface area contributed by atoms with Gasteiger partial charge in [-0.15, -0.1) is 0 Å². The lowest BCUT2D eigenvalue weighted by atomic mass is 10.2. The summed E-state index contributed by atoms with van der Waals surface area (Å²) in [7, 11) is 0. The zero-order valence-electron chi connectivity index (χ0n) is 11.0. The molecule has 0 heterocycles. The highest BCUT2D eigenvalue weighted by Gasteiger charge is 2.12. The fourth-order valence-corrected chi connectivity index (χ4v) is 1.42. The summed E-state index contributed by atoms with van der Waals surface area (Å²) in [6.45, 7) is -0.0386. The van der Waals surface area contributed by atoms with Gasteiger partial charge in [0.25, 0.3) is 5.91 Å². The van der Waals surface area contributed by atoms with E-state index in [-0.39, 0.29) is 19.5 Å². The van der Waals surface area contributed by atoms with Gasteiger partial charge >= 0.3 is 0 Å². The molecule has 0 atom stereocenters. The second-order valence-corrected chi connectivity index (χ2v) is 3.93. The molecule has 0 unspecified atom stereocenters. The van der Waals surface area contributed by atoms with Crippen molar-refractivity contribution in [1.29, 1.82) is 0 Å². The van der Waals surface area contributed by atoms with Gasteiger partial charge in [0.15, 0.2) is 0 Å². The summed E-state index contributed by atoms with van der Waals surface area (Å²) < 4.78 is 0. The maximum atomic E-state index is 11.9. The van der Waals surface area contributed by atoms with E-state index in [4.69, 9.17) is 5.73 Å². The van der Waals surface area contributed by atoms with Gasteiger partial charge in [-0.2, -0.15) is 0 Å². The van der Waals surface area contributed by atoms with E-state index in [1.807, 2.05) is 30.3 Å². The standard InChI is InChI=1S/C14H17N3O3/c15-9-8-13(19)16-17(10-11-18)14(20)7-6-12-4-2-1-3-5-12/h1-7,11H,8-10,15H2,(H,16,19). The number of hydrazine groups is 1. The Morgan fingerprint density at radius 1 is 1.25 bits per heavy atom. The van der Waals surface area contributed by atoms with Gasteiger partial charge in [-0.05, 0) is 11.6 Å². The molecule has 20 heavy (non-hydrogen) atoms. The minimum Gasteiger partial charge on any atom is -0.330 e. The van der Waals surface area contributed by atoms with Crippen LogP contribution < -0.4 is 11.2 Å². The van der Waals surface area contributed by atoms with Crippen molar-refractivity contribution in [3.63, 3.8) is 0 Å². The van der Waals surface area contributed by atoms with Crippen molar-refractivity contribution >= 4 is 24.2 Å². The van der Waals surface area contributed by atoms with Crippen LogP contribution >= 0.6 is 0 Å². The molecule has 0 aromatic heterocycles. The number of nitrogens with two attached hydrogens (primary N) is 1. The number of carbonyl (C=O) groups is 3. The van der Waals surface area contributed by atoms with Crippen LogP contribution in [0.1, 0.15) is 12.0 Å². The van der Waals surface area contributed by atoms with Crippen molar-refractivity contribution in [2.75, 3.05) is 13.1 Å². The molecule has 0 aliphatic rings. The van der Waals surface area contributed by atoms with Crippen molar-refractivity contribution in [1.82, 2.24) is 10.4 Å². The Bertz CT molecular complexity index is 486. The molecule has 6 heteroatoms. The normalized spacial score (nSPS) is 10.2. The maximum Gasteiger partial charge on any atom is 0.265 e. The quantitative estimate of drug-likeness (QED) is 0.438. The molecule has 2 amide bonds. The Labute approximate surface area is 117 Å². The fourth-order valence-electron chi connectivity index (χ4n) is 1.42. The third-order valence-corrected chi connectivity index (χ3v) is 2.37. The van der Waals surface area contributed by atoms with Crippen molar-refractivity contribution in [2.24, 2.45) is 5.73 Å². The molecular formula is C14H17N3O3. The summed E-state index contributed by atoms with van der Waals surface area (Å²) in [5.41, 5.74) is 8.43. The van der Waals surface area contributed by atoms with Gasteiger partial charge in [-0.1, -0.05) is 30.3 Å². The summed E-state index contributed by atoms with van der Waals surface area (Å²) in [6.07, 6.45) is 3.53. The number of nitrogens with one attached hydrogen (secondary N) is 1. The molecule has 1 aromatic carbocycles. The summed E-state index contributed by atoms with van der Waals surface area (Å²) >= 11 is 0. The van der Waals surface area contributed by atoms with Crippen LogP contribution in [0, 0.1) is 0 Å². The molecule has 0 aliphatic carbocycles. The van der Waals surface area contributed by atoms with Gasteiger partial charge < -0.3 is 10.5 Å². The molecule has 0 fully saturated rings. The SMILES string of the molecule is NCCC(=O)NN(CC=O)C(=O)C=Cc1ccccc1. The number of nitrogens with zero attached hydrogens (tertiary/aromatic N) is 1. The van der Waals surface area contributed by atoms with Crippen LogP contribution in [-0.4, -0.2) is 36.2 Å². The second-order valence-electron chi connectivity index (χ2n) is 3.93. The molecule has 106 valence electrons. The summed E-state index contributed by atoms with van der Waals surface area (Å²) in [6, 6.07) is 9.22. The number of hydrogen-bond donors (Lipinski definition) is 2. The van der Waals surface area contributed by atoms with Gasteiger partial charge in [0.2, 0.25) is 5.91 Å². The first kappa shape index (κ1) is 15.6. The molecule has 0 bridgehead atoms. The van der Waals surface area contributed by atoms with Crippen LogP contribution in [-0.2, 0) is 14.4 Å². The van der Waals surface area contributed by atoms with Gasteiger partial charge in [0.1, 0.15) is 6.29 Å². The van der Waals surface area contributed by atoms with Crippen LogP contribution in [0.4, 0.5) is 0 Å². The van der Waals surface area contributed by atoms with Crippen LogP contribution in [0.2, 0.25) is 0 Å². The van der Waals surface area contributed by atoms with E-state index >= 15 is 0 Å². The molecule has 0 radical (unpaired) electrons. The first-order valence-electron chi connectivity index (χ1n) is 6.15. The number of aldehydes is 1. The van der Waals surface area contributed by atoms with Gasteiger partial charge in [-0.3, -0.25) is 15.0 Å². The van der Waals surface area contributed by atoms with E-state index in [9.17, 15) is 14.4 Å². The largest absolute Gasteiger partial charge is 0.330 e. The smallest absolute Gasteiger partial charge is 0.265 e. The molecule has 6 nitrogen and oxygen atoms in total.